The lowest BCUT2D eigenvalue weighted by Gasteiger charge is -2.01. The second kappa shape index (κ2) is 2.98. The molecule has 82 valence electrons. The Bertz CT molecular complexity index is 567. The van der Waals surface area contributed by atoms with Crippen molar-refractivity contribution in [3.8, 4) is 0 Å². The second-order valence-corrected chi connectivity index (χ2v) is 5.29. The van der Waals surface area contributed by atoms with Gasteiger partial charge in [0.25, 0.3) is 0 Å². The zero-order valence-electron chi connectivity index (χ0n) is 8.86. The SMILES string of the molecule is Clc1cc(C2CC2)c2nc(C3CC3)cn2n1. The number of halogens is 1. The lowest BCUT2D eigenvalue weighted by Crippen LogP contribution is -1.95. The molecule has 0 unspecified atom stereocenters. The molecule has 2 saturated carbocycles. The van der Waals surface area contributed by atoms with Crippen molar-refractivity contribution in [1.29, 1.82) is 0 Å². The van der Waals surface area contributed by atoms with Crippen LogP contribution in [0.4, 0.5) is 0 Å². The highest BCUT2D eigenvalue weighted by atomic mass is 35.5. The zero-order valence-corrected chi connectivity index (χ0v) is 9.61. The number of hydrogen-bond acceptors (Lipinski definition) is 2. The first kappa shape index (κ1) is 8.99. The van der Waals surface area contributed by atoms with Crippen LogP contribution in [0, 0.1) is 0 Å². The van der Waals surface area contributed by atoms with Crippen LogP contribution in [0.3, 0.4) is 0 Å². The summed E-state index contributed by atoms with van der Waals surface area (Å²) in [5.41, 5.74) is 3.50. The third-order valence-electron chi connectivity index (χ3n) is 3.46. The van der Waals surface area contributed by atoms with Gasteiger partial charge < -0.3 is 0 Å². The van der Waals surface area contributed by atoms with E-state index in [-0.39, 0.29) is 0 Å². The average molecular weight is 234 g/mol. The molecule has 2 fully saturated rings. The van der Waals surface area contributed by atoms with Crippen LogP contribution in [0.1, 0.15) is 48.8 Å². The Morgan fingerprint density at radius 1 is 1.19 bits per heavy atom. The molecule has 0 atom stereocenters. The minimum atomic E-state index is 0.578. The zero-order chi connectivity index (χ0) is 10.7. The molecule has 4 heteroatoms. The van der Waals surface area contributed by atoms with Crippen LogP contribution < -0.4 is 0 Å². The third kappa shape index (κ3) is 1.34. The highest BCUT2D eigenvalue weighted by molar-refractivity contribution is 6.29. The van der Waals surface area contributed by atoms with Gasteiger partial charge in [-0.25, -0.2) is 9.50 Å². The van der Waals surface area contributed by atoms with Gasteiger partial charge in [-0.3, -0.25) is 0 Å². The molecule has 2 aromatic heterocycles. The van der Waals surface area contributed by atoms with Crippen LogP contribution in [0.2, 0.25) is 5.15 Å². The molecule has 16 heavy (non-hydrogen) atoms. The van der Waals surface area contributed by atoms with E-state index in [4.69, 9.17) is 16.6 Å². The minimum absolute atomic E-state index is 0.578. The number of nitrogens with zero attached hydrogens (tertiary/aromatic N) is 3. The Hall–Kier alpha value is -1.09. The van der Waals surface area contributed by atoms with Crippen LogP contribution in [-0.2, 0) is 0 Å². The number of aromatic nitrogens is 3. The maximum absolute atomic E-state index is 6.04. The van der Waals surface area contributed by atoms with Crippen LogP contribution in [0.15, 0.2) is 12.3 Å². The van der Waals surface area contributed by atoms with E-state index < -0.39 is 0 Å². The summed E-state index contributed by atoms with van der Waals surface area (Å²) in [5, 5.41) is 4.87. The summed E-state index contributed by atoms with van der Waals surface area (Å²) in [5.74, 6) is 1.34. The minimum Gasteiger partial charge on any atom is -0.231 e. The van der Waals surface area contributed by atoms with E-state index in [2.05, 4.69) is 5.10 Å². The van der Waals surface area contributed by atoms with Gasteiger partial charge in [-0.2, -0.15) is 5.10 Å². The normalized spacial score (nSPS) is 20.6. The molecule has 4 rings (SSSR count). The van der Waals surface area contributed by atoms with Crippen molar-refractivity contribution >= 4 is 17.2 Å². The first-order chi connectivity index (χ1) is 7.81. The summed E-state index contributed by atoms with van der Waals surface area (Å²) < 4.78 is 1.86. The molecule has 2 aromatic rings. The molecule has 2 aliphatic rings. The first-order valence-corrected chi connectivity index (χ1v) is 6.25. The Balaban J connectivity index is 1.95. The lowest BCUT2D eigenvalue weighted by molar-refractivity contribution is 0.911. The smallest absolute Gasteiger partial charge is 0.157 e. The van der Waals surface area contributed by atoms with Gasteiger partial charge in [0.1, 0.15) is 5.15 Å². The molecule has 0 aliphatic heterocycles. The molecular weight excluding hydrogens is 222 g/mol. The molecule has 0 N–H and O–H groups in total. The Labute approximate surface area is 98.4 Å². The molecule has 0 aromatic carbocycles. The Kier molecular flexibility index (Phi) is 1.67. The van der Waals surface area contributed by atoms with Crippen LogP contribution >= 0.6 is 11.6 Å². The molecule has 0 amide bonds. The Morgan fingerprint density at radius 2 is 1.94 bits per heavy atom. The van der Waals surface area contributed by atoms with E-state index in [9.17, 15) is 0 Å². The third-order valence-corrected chi connectivity index (χ3v) is 3.64. The standard InChI is InChI=1S/C12H12ClN3/c13-11-5-9(7-1-2-7)12-14-10(8-3-4-8)6-16(12)15-11/h5-8H,1-4H2. The molecule has 0 radical (unpaired) electrons. The molecule has 3 nitrogen and oxygen atoms in total. The van der Waals surface area contributed by atoms with Gasteiger partial charge in [-0.1, -0.05) is 11.6 Å². The monoisotopic (exact) mass is 233 g/mol. The van der Waals surface area contributed by atoms with Gasteiger partial charge in [0.2, 0.25) is 0 Å². The lowest BCUT2D eigenvalue weighted by atomic mass is 10.2. The molecule has 0 spiro atoms. The van der Waals surface area contributed by atoms with E-state index >= 15 is 0 Å². The van der Waals surface area contributed by atoms with Gasteiger partial charge in [0.15, 0.2) is 5.65 Å². The van der Waals surface area contributed by atoms with Crippen LogP contribution in [0.5, 0.6) is 0 Å². The van der Waals surface area contributed by atoms with Crippen LogP contribution in [-0.4, -0.2) is 14.6 Å². The summed E-state index contributed by atoms with van der Waals surface area (Å²) in [6, 6.07) is 1.98. The van der Waals surface area contributed by atoms with E-state index in [1.807, 2.05) is 16.8 Å². The molecule has 0 bridgehead atoms. The predicted octanol–water partition coefficient (Wildman–Crippen LogP) is 3.14. The summed E-state index contributed by atoms with van der Waals surface area (Å²) in [7, 11) is 0. The fourth-order valence-electron chi connectivity index (χ4n) is 2.26. The maximum Gasteiger partial charge on any atom is 0.157 e. The van der Waals surface area contributed by atoms with Crippen molar-refractivity contribution in [2.45, 2.75) is 37.5 Å². The van der Waals surface area contributed by atoms with Crippen LogP contribution in [0.25, 0.3) is 5.65 Å². The van der Waals surface area contributed by atoms with Gasteiger partial charge in [0, 0.05) is 11.5 Å². The molecule has 2 aliphatic carbocycles. The van der Waals surface area contributed by atoms with Crippen molar-refractivity contribution in [2.24, 2.45) is 0 Å². The Morgan fingerprint density at radius 3 is 2.62 bits per heavy atom. The van der Waals surface area contributed by atoms with Crippen molar-refractivity contribution < 1.29 is 0 Å². The summed E-state index contributed by atoms with van der Waals surface area (Å²) in [6.45, 7) is 0. The van der Waals surface area contributed by atoms with E-state index in [1.54, 1.807) is 0 Å². The van der Waals surface area contributed by atoms with Gasteiger partial charge in [-0.05, 0) is 37.7 Å². The fraction of sp³-hybridized carbons (Fsp3) is 0.500. The second-order valence-electron chi connectivity index (χ2n) is 4.90. The maximum atomic E-state index is 6.04. The van der Waals surface area contributed by atoms with E-state index in [0.29, 0.717) is 17.0 Å². The average Bonchev–Trinajstić information content (AvgIpc) is 3.12. The first-order valence-electron chi connectivity index (χ1n) is 5.87. The van der Waals surface area contributed by atoms with Gasteiger partial charge >= 0.3 is 0 Å². The summed E-state index contributed by atoms with van der Waals surface area (Å²) in [6.07, 6.45) is 7.13. The number of fused-ring (bicyclic) bond motifs is 1. The predicted molar refractivity (Wildman–Crippen MR) is 61.9 cm³/mol. The highest BCUT2D eigenvalue weighted by Gasteiger charge is 2.30. The van der Waals surface area contributed by atoms with Crippen molar-refractivity contribution in [3.05, 3.63) is 28.7 Å². The molecule has 2 heterocycles. The van der Waals surface area contributed by atoms with E-state index in [1.165, 1.54) is 36.9 Å². The van der Waals surface area contributed by atoms with E-state index in [0.717, 1.165) is 5.65 Å². The highest BCUT2D eigenvalue weighted by Crippen LogP contribution is 2.44. The topological polar surface area (TPSA) is 30.2 Å². The number of hydrogen-bond donors (Lipinski definition) is 0. The fourth-order valence-corrected chi connectivity index (χ4v) is 2.46. The molecule has 0 saturated heterocycles. The van der Waals surface area contributed by atoms with Crippen molar-refractivity contribution in [3.63, 3.8) is 0 Å². The van der Waals surface area contributed by atoms with Crippen molar-refractivity contribution in [1.82, 2.24) is 14.6 Å². The summed E-state index contributed by atoms with van der Waals surface area (Å²) >= 11 is 6.04. The van der Waals surface area contributed by atoms with Gasteiger partial charge in [-0.15, -0.1) is 0 Å². The quantitative estimate of drug-likeness (QED) is 0.798. The van der Waals surface area contributed by atoms with Gasteiger partial charge in [0.05, 0.1) is 11.9 Å². The van der Waals surface area contributed by atoms with Crippen molar-refractivity contribution in [2.75, 3.05) is 0 Å². The number of rotatable bonds is 2. The molecular formula is C12H12ClN3. The largest absolute Gasteiger partial charge is 0.231 e. The number of imidazole rings is 1. The summed E-state index contributed by atoms with van der Waals surface area (Å²) in [4.78, 5) is 4.72.